The molecule has 20 heavy (non-hydrogen) atoms. The Balaban J connectivity index is 2.17. The zero-order valence-corrected chi connectivity index (χ0v) is 12.6. The molecule has 0 amide bonds. The molecule has 0 saturated heterocycles. The van der Waals surface area contributed by atoms with E-state index in [0.29, 0.717) is 0 Å². The highest BCUT2D eigenvalue weighted by Gasteiger charge is 2.05. The minimum atomic E-state index is 0.821. The third-order valence-corrected chi connectivity index (χ3v) is 3.60. The van der Waals surface area contributed by atoms with Crippen LogP contribution in [0, 0.1) is 0 Å². The lowest BCUT2D eigenvalue weighted by Crippen LogP contribution is -2.05. The standard InChI is InChI=1S/C18H23NO/c1-4-15-9-7-10-16(5-2)18(15)19-13-14-8-6-11-17(12-14)20-3/h6-12,19H,4-5,13H2,1-3H3. The van der Waals surface area contributed by atoms with Gasteiger partial charge in [0.1, 0.15) is 5.75 Å². The van der Waals surface area contributed by atoms with Crippen LogP contribution >= 0.6 is 0 Å². The normalized spacial score (nSPS) is 10.3. The van der Waals surface area contributed by atoms with E-state index in [1.165, 1.54) is 22.4 Å². The average molecular weight is 269 g/mol. The second-order valence-corrected chi connectivity index (χ2v) is 4.86. The summed E-state index contributed by atoms with van der Waals surface area (Å²) in [6.07, 6.45) is 2.10. The molecular formula is C18H23NO. The molecule has 0 bridgehead atoms. The molecule has 2 heteroatoms. The van der Waals surface area contributed by atoms with Gasteiger partial charge in [-0.1, -0.05) is 44.2 Å². The van der Waals surface area contributed by atoms with E-state index in [4.69, 9.17) is 4.74 Å². The number of hydrogen-bond donors (Lipinski definition) is 1. The molecular weight excluding hydrogens is 246 g/mol. The van der Waals surface area contributed by atoms with Gasteiger partial charge in [0, 0.05) is 12.2 Å². The fourth-order valence-corrected chi connectivity index (χ4v) is 2.44. The minimum Gasteiger partial charge on any atom is -0.497 e. The van der Waals surface area contributed by atoms with Crippen LogP contribution in [0.3, 0.4) is 0 Å². The summed E-state index contributed by atoms with van der Waals surface area (Å²) < 4.78 is 5.27. The van der Waals surface area contributed by atoms with E-state index in [1.807, 2.05) is 12.1 Å². The Bertz CT molecular complexity index is 541. The van der Waals surface area contributed by atoms with E-state index in [2.05, 4.69) is 49.5 Å². The van der Waals surface area contributed by atoms with Crippen molar-refractivity contribution >= 4 is 5.69 Å². The van der Waals surface area contributed by atoms with E-state index in [0.717, 1.165) is 25.1 Å². The van der Waals surface area contributed by atoms with Crippen molar-refractivity contribution in [2.45, 2.75) is 33.2 Å². The molecule has 2 nitrogen and oxygen atoms in total. The number of benzene rings is 2. The van der Waals surface area contributed by atoms with Crippen LogP contribution < -0.4 is 10.1 Å². The van der Waals surface area contributed by atoms with Gasteiger partial charge >= 0.3 is 0 Å². The molecule has 0 aliphatic carbocycles. The van der Waals surface area contributed by atoms with E-state index >= 15 is 0 Å². The number of methoxy groups -OCH3 is 1. The lowest BCUT2D eigenvalue weighted by Gasteiger charge is -2.15. The molecule has 2 aromatic rings. The predicted molar refractivity (Wildman–Crippen MR) is 85.5 cm³/mol. The molecule has 106 valence electrons. The second-order valence-electron chi connectivity index (χ2n) is 4.86. The number of hydrogen-bond acceptors (Lipinski definition) is 2. The molecule has 0 aliphatic rings. The molecule has 0 aromatic heterocycles. The molecule has 0 heterocycles. The molecule has 0 spiro atoms. The topological polar surface area (TPSA) is 21.3 Å². The predicted octanol–water partition coefficient (Wildman–Crippen LogP) is 4.43. The Hall–Kier alpha value is -1.96. The summed E-state index contributed by atoms with van der Waals surface area (Å²) in [5, 5.41) is 3.60. The third kappa shape index (κ3) is 3.32. The maximum Gasteiger partial charge on any atom is 0.119 e. The first-order valence-electron chi connectivity index (χ1n) is 7.26. The number of para-hydroxylation sites is 1. The van der Waals surface area contributed by atoms with Gasteiger partial charge in [-0.3, -0.25) is 0 Å². The molecule has 1 N–H and O–H groups in total. The van der Waals surface area contributed by atoms with Crippen LogP contribution in [0.1, 0.15) is 30.5 Å². The number of nitrogens with one attached hydrogen (secondary N) is 1. The minimum absolute atomic E-state index is 0.821. The van der Waals surface area contributed by atoms with Crippen molar-refractivity contribution in [2.24, 2.45) is 0 Å². The van der Waals surface area contributed by atoms with Gasteiger partial charge in [-0.25, -0.2) is 0 Å². The first-order chi connectivity index (χ1) is 9.78. The van der Waals surface area contributed by atoms with Gasteiger partial charge in [0.15, 0.2) is 0 Å². The van der Waals surface area contributed by atoms with Crippen molar-refractivity contribution in [1.29, 1.82) is 0 Å². The summed E-state index contributed by atoms with van der Waals surface area (Å²) in [4.78, 5) is 0. The van der Waals surface area contributed by atoms with Crippen molar-refractivity contribution in [3.63, 3.8) is 0 Å². The molecule has 0 atom stereocenters. The smallest absolute Gasteiger partial charge is 0.119 e. The van der Waals surface area contributed by atoms with Crippen molar-refractivity contribution in [3.8, 4) is 5.75 Å². The number of ether oxygens (including phenoxy) is 1. The average Bonchev–Trinajstić information content (AvgIpc) is 2.52. The number of anilines is 1. The van der Waals surface area contributed by atoms with Gasteiger partial charge in [-0.15, -0.1) is 0 Å². The largest absolute Gasteiger partial charge is 0.497 e. The Morgan fingerprint density at radius 2 is 1.60 bits per heavy atom. The Labute approximate surface area is 121 Å². The Morgan fingerprint density at radius 3 is 2.20 bits per heavy atom. The van der Waals surface area contributed by atoms with Gasteiger partial charge in [-0.05, 0) is 41.7 Å². The van der Waals surface area contributed by atoms with Gasteiger partial charge in [0.25, 0.3) is 0 Å². The van der Waals surface area contributed by atoms with Crippen LogP contribution in [0.2, 0.25) is 0 Å². The zero-order chi connectivity index (χ0) is 14.4. The molecule has 0 radical (unpaired) electrons. The zero-order valence-electron chi connectivity index (χ0n) is 12.6. The van der Waals surface area contributed by atoms with Crippen LogP contribution in [0.4, 0.5) is 5.69 Å². The molecule has 0 unspecified atom stereocenters. The number of rotatable bonds is 6. The first kappa shape index (κ1) is 14.4. The second kappa shape index (κ2) is 6.99. The highest BCUT2D eigenvalue weighted by molar-refractivity contribution is 5.58. The SMILES string of the molecule is CCc1cccc(CC)c1NCc1cccc(OC)c1. The maximum absolute atomic E-state index is 5.27. The summed E-state index contributed by atoms with van der Waals surface area (Å²) in [5.41, 5.74) is 5.29. The first-order valence-corrected chi connectivity index (χ1v) is 7.26. The van der Waals surface area contributed by atoms with Crippen molar-refractivity contribution in [1.82, 2.24) is 0 Å². The third-order valence-electron chi connectivity index (χ3n) is 3.60. The van der Waals surface area contributed by atoms with Crippen molar-refractivity contribution < 1.29 is 4.74 Å². The lowest BCUT2D eigenvalue weighted by molar-refractivity contribution is 0.414. The van der Waals surface area contributed by atoms with Crippen LogP contribution in [0.15, 0.2) is 42.5 Å². The van der Waals surface area contributed by atoms with Gasteiger partial charge in [0.05, 0.1) is 7.11 Å². The molecule has 0 aliphatic heterocycles. The fraction of sp³-hybridized carbons (Fsp3) is 0.333. The van der Waals surface area contributed by atoms with E-state index < -0.39 is 0 Å². The summed E-state index contributed by atoms with van der Waals surface area (Å²) in [7, 11) is 1.70. The van der Waals surface area contributed by atoms with E-state index in [1.54, 1.807) is 7.11 Å². The van der Waals surface area contributed by atoms with E-state index in [-0.39, 0.29) is 0 Å². The Morgan fingerprint density at radius 1 is 0.950 bits per heavy atom. The van der Waals surface area contributed by atoms with Crippen molar-refractivity contribution in [3.05, 3.63) is 59.2 Å². The fourth-order valence-electron chi connectivity index (χ4n) is 2.44. The van der Waals surface area contributed by atoms with Gasteiger partial charge in [0.2, 0.25) is 0 Å². The molecule has 2 rings (SSSR count). The quantitative estimate of drug-likeness (QED) is 0.837. The van der Waals surface area contributed by atoms with Crippen molar-refractivity contribution in [2.75, 3.05) is 12.4 Å². The van der Waals surface area contributed by atoms with Crippen LogP contribution in [-0.2, 0) is 19.4 Å². The molecule has 0 saturated carbocycles. The maximum atomic E-state index is 5.27. The van der Waals surface area contributed by atoms with E-state index in [9.17, 15) is 0 Å². The molecule has 2 aromatic carbocycles. The highest BCUT2D eigenvalue weighted by Crippen LogP contribution is 2.23. The number of aryl methyl sites for hydroxylation is 2. The summed E-state index contributed by atoms with van der Waals surface area (Å²) >= 11 is 0. The lowest BCUT2D eigenvalue weighted by atomic mass is 10.0. The summed E-state index contributed by atoms with van der Waals surface area (Å²) in [6, 6.07) is 14.8. The molecule has 0 fully saturated rings. The summed E-state index contributed by atoms with van der Waals surface area (Å²) in [5.74, 6) is 0.906. The Kier molecular flexibility index (Phi) is 5.05. The monoisotopic (exact) mass is 269 g/mol. The van der Waals surface area contributed by atoms with Crippen LogP contribution in [-0.4, -0.2) is 7.11 Å². The highest BCUT2D eigenvalue weighted by atomic mass is 16.5. The van der Waals surface area contributed by atoms with Gasteiger partial charge < -0.3 is 10.1 Å². The van der Waals surface area contributed by atoms with Crippen LogP contribution in [0.25, 0.3) is 0 Å². The van der Waals surface area contributed by atoms with Gasteiger partial charge in [-0.2, -0.15) is 0 Å². The van der Waals surface area contributed by atoms with Crippen LogP contribution in [0.5, 0.6) is 5.75 Å². The summed E-state index contributed by atoms with van der Waals surface area (Å²) in [6.45, 7) is 5.22.